The second kappa shape index (κ2) is 11.1. The van der Waals surface area contributed by atoms with Gasteiger partial charge in [0.25, 0.3) is 0 Å². The zero-order valence-electron chi connectivity index (χ0n) is 11.8. The summed E-state index contributed by atoms with van der Waals surface area (Å²) in [6, 6.07) is 0. The van der Waals surface area contributed by atoms with E-state index >= 15 is 0 Å². The van der Waals surface area contributed by atoms with E-state index in [4.69, 9.17) is 0 Å². The Morgan fingerprint density at radius 1 is 0.667 bits per heavy atom. The first kappa shape index (κ1) is 17.0. The highest BCUT2D eigenvalue weighted by atomic mass is 16.1. The van der Waals surface area contributed by atoms with Gasteiger partial charge in [0.1, 0.15) is 17.3 Å². The Hall–Kier alpha value is -0.990. The monoisotopic (exact) mass is 254 g/mol. The molecule has 0 unspecified atom stereocenters. The van der Waals surface area contributed by atoms with Gasteiger partial charge >= 0.3 is 0 Å². The maximum atomic E-state index is 11.5. The molecule has 18 heavy (non-hydrogen) atoms. The highest BCUT2D eigenvalue weighted by Crippen LogP contribution is 2.08. The lowest BCUT2D eigenvalue weighted by Gasteiger charge is -2.01. The average Bonchev–Trinajstić information content (AvgIpc) is 2.32. The van der Waals surface area contributed by atoms with Crippen molar-refractivity contribution in [1.29, 1.82) is 0 Å². The van der Waals surface area contributed by atoms with E-state index in [1.54, 1.807) is 6.92 Å². The minimum atomic E-state index is 0.184. The normalized spacial score (nSPS) is 10.3. The lowest BCUT2D eigenvalue weighted by Crippen LogP contribution is -2.02. The summed E-state index contributed by atoms with van der Waals surface area (Å²) in [5.74, 6) is 0.687. The number of carbonyl (C=O) groups excluding carboxylic acids is 3. The van der Waals surface area contributed by atoms with E-state index < -0.39 is 0 Å². The minimum Gasteiger partial charge on any atom is -0.300 e. The molecule has 0 aromatic heterocycles. The average molecular weight is 254 g/mol. The van der Waals surface area contributed by atoms with E-state index in [1.165, 1.54) is 0 Å². The number of unbranched alkanes of at least 4 members (excludes halogenated alkanes) is 2. The van der Waals surface area contributed by atoms with Crippen LogP contribution >= 0.6 is 0 Å². The van der Waals surface area contributed by atoms with Gasteiger partial charge in [0.15, 0.2) is 0 Å². The predicted molar refractivity (Wildman–Crippen MR) is 72.5 cm³/mol. The molecule has 0 aromatic carbocycles. The van der Waals surface area contributed by atoms with Crippen LogP contribution < -0.4 is 0 Å². The van der Waals surface area contributed by atoms with Gasteiger partial charge in [0.2, 0.25) is 0 Å². The van der Waals surface area contributed by atoms with E-state index in [1.807, 2.05) is 0 Å². The highest BCUT2D eigenvalue weighted by Gasteiger charge is 2.05. The molecule has 0 rings (SSSR count). The highest BCUT2D eigenvalue weighted by molar-refractivity contribution is 5.81. The van der Waals surface area contributed by atoms with E-state index in [0.29, 0.717) is 38.5 Å². The maximum absolute atomic E-state index is 11.5. The van der Waals surface area contributed by atoms with Crippen LogP contribution in [0.15, 0.2) is 0 Å². The maximum Gasteiger partial charge on any atom is 0.132 e. The second-order valence-electron chi connectivity index (χ2n) is 4.94. The second-order valence-corrected chi connectivity index (χ2v) is 4.94. The lowest BCUT2D eigenvalue weighted by molar-refractivity contribution is -0.121. The van der Waals surface area contributed by atoms with Crippen molar-refractivity contribution in [3.05, 3.63) is 0 Å². The summed E-state index contributed by atoms with van der Waals surface area (Å²) in [6.07, 6.45) is 7.12. The molecule has 0 N–H and O–H groups in total. The molecule has 0 amide bonds. The summed E-state index contributed by atoms with van der Waals surface area (Å²) in [7, 11) is 0. The fourth-order valence-electron chi connectivity index (χ4n) is 1.80. The Morgan fingerprint density at radius 2 is 1.11 bits per heavy atom. The Bertz CT molecular complexity index is 269. The molecule has 104 valence electrons. The van der Waals surface area contributed by atoms with Crippen LogP contribution in [0.5, 0.6) is 0 Å². The van der Waals surface area contributed by atoms with E-state index in [0.717, 1.165) is 25.7 Å². The molecular formula is C15H26O3. The van der Waals surface area contributed by atoms with Crippen LogP contribution in [0.1, 0.15) is 78.1 Å². The van der Waals surface area contributed by atoms with Crippen LogP contribution in [0.2, 0.25) is 0 Å². The number of carbonyl (C=O) groups is 3. The van der Waals surface area contributed by atoms with Crippen molar-refractivity contribution in [2.24, 2.45) is 0 Å². The van der Waals surface area contributed by atoms with E-state index in [9.17, 15) is 14.4 Å². The fourth-order valence-corrected chi connectivity index (χ4v) is 1.80. The van der Waals surface area contributed by atoms with Crippen LogP contribution in [0.4, 0.5) is 0 Å². The zero-order valence-corrected chi connectivity index (χ0v) is 11.8. The molecule has 0 saturated carbocycles. The zero-order chi connectivity index (χ0) is 13.8. The molecule has 0 aliphatic rings. The van der Waals surface area contributed by atoms with Gasteiger partial charge in [-0.25, -0.2) is 0 Å². The van der Waals surface area contributed by atoms with Crippen molar-refractivity contribution >= 4 is 17.3 Å². The minimum absolute atomic E-state index is 0.184. The molecule has 0 saturated heterocycles. The van der Waals surface area contributed by atoms with Crippen molar-refractivity contribution < 1.29 is 14.4 Å². The Balaban J connectivity index is 3.42. The number of hydrogen-bond acceptors (Lipinski definition) is 3. The lowest BCUT2D eigenvalue weighted by atomic mass is 10.0. The van der Waals surface area contributed by atoms with Crippen molar-refractivity contribution in [2.75, 3.05) is 0 Å². The predicted octanol–water partition coefficient (Wildman–Crippen LogP) is 3.63. The van der Waals surface area contributed by atoms with Crippen molar-refractivity contribution in [3.63, 3.8) is 0 Å². The van der Waals surface area contributed by atoms with Crippen LogP contribution in [0.3, 0.4) is 0 Å². The number of ketones is 3. The third-order valence-electron chi connectivity index (χ3n) is 2.95. The first-order valence-corrected chi connectivity index (χ1v) is 7.09. The Morgan fingerprint density at radius 3 is 1.61 bits per heavy atom. The number of rotatable bonds is 12. The molecule has 0 fully saturated rings. The van der Waals surface area contributed by atoms with Gasteiger partial charge in [-0.15, -0.1) is 0 Å². The fraction of sp³-hybridized carbons (Fsp3) is 0.800. The molecule has 3 nitrogen and oxygen atoms in total. The summed E-state index contributed by atoms with van der Waals surface area (Å²) >= 11 is 0. The third-order valence-corrected chi connectivity index (χ3v) is 2.95. The van der Waals surface area contributed by atoms with Crippen molar-refractivity contribution in [3.8, 4) is 0 Å². The van der Waals surface area contributed by atoms with E-state index in [2.05, 4.69) is 6.92 Å². The van der Waals surface area contributed by atoms with Gasteiger partial charge in [-0.1, -0.05) is 13.3 Å². The first-order chi connectivity index (χ1) is 8.56. The van der Waals surface area contributed by atoms with Crippen LogP contribution in [-0.4, -0.2) is 17.3 Å². The SMILES string of the molecule is CCCCC(=O)CCCC(=O)CCCCC(C)=O. The summed E-state index contributed by atoms with van der Waals surface area (Å²) in [5, 5.41) is 0. The molecule has 0 aliphatic carbocycles. The topological polar surface area (TPSA) is 51.2 Å². The Labute approximate surface area is 110 Å². The molecule has 0 radical (unpaired) electrons. The molecule has 0 aromatic rings. The van der Waals surface area contributed by atoms with Gasteiger partial charge in [-0.05, 0) is 32.6 Å². The standard InChI is InChI=1S/C15H26O3/c1-3-4-9-14(17)11-7-12-15(18)10-6-5-8-13(2)16/h3-12H2,1-2H3. The van der Waals surface area contributed by atoms with Gasteiger partial charge in [-0.3, -0.25) is 9.59 Å². The first-order valence-electron chi connectivity index (χ1n) is 7.09. The molecule has 0 bridgehead atoms. The van der Waals surface area contributed by atoms with Crippen molar-refractivity contribution in [2.45, 2.75) is 78.1 Å². The molecular weight excluding hydrogens is 228 g/mol. The summed E-state index contributed by atoms with van der Waals surface area (Å²) in [4.78, 5) is 33.6. The van der Waals surface area contributed by atoms with Crippen molar-refractivity contribution in [1.82, 2.24) is 0 Å². The van der Waals surface area contributed by atoms with E-state index in [-0.39, 0.29) is 17.3 Å². The quantitative estimate of drug-likeness (QED) is 0.500. The van der Waals surface area contributed by atoms with Crippen LogP contribution in [-0.2, 0) is 14.4 Å². The van der Waals surface area contributed by atoms with Crippen LogP contribution in [0, 0.1) is 0 Å². The summed E-state index contributed by atoms with van der Waals surface area (Å²) < 4.78 is 0. The molecule has 0 aliphatic heterocycles. The molecule has 0 atom stereocenters. The number of Topliss-reactive ketones (excluding diaryl/α,β-unsaturated/α-hetero) is 3. The Kier molecular flexibility index (Phi) is 10.5. The summed E-state index contributed by atoms with van der Waals surface area (Å²) in [6.45, 7) is 3.64. The van der Waals surface area contributed by atoms with Gasteiger partial charge in [-0.2, -0.15) is 0 Å². The third kappa shape index (κ3) is 11.5. The molecule has 0 spiro atoms. The van der Waals surface area contributed by atoms with Gasteiger partial charge in [0.05, 0.1) is 0 Å². The van der Waals surface area contributed by atoms with Gasteiger partial charge in [0, 0.05) is 32.1 Å². The molecule has 3 heteroatoms. The smallest absolute Gasteiger partial charge is 0.132 e. The van der Waals surface area contributed by atoms with Gasteiger partial charge < -0.3 is 4.79 Å². The number of hydrogen-bond donors (Lipinski definition) is 0. The molecule has 0 heterocycles. The van der Waals surface area contributed by atoms with Crippen LogP contribution in [0.25, 0.3) is 0 Å². The summed E-state index contributed by atoms with van der Waals surface area (Å²) in [5.41, 5.74) is 0. The largest absolute Gasteiger partial charge is 0.300 e.